The average molecular weight is 242 g/mol. The molecule has 1 atom stereocenters. The fourth-order valence-corrected chi connectivity index (χ4v) is 2.22. The van der Waals surface area contributed by atoms with Gasteiger partial charge in [-0.25, -0.2) is 4.98 Å². The molecule has 5 heteroatoms. The van der Waals surface area contributed by atoms with Gasteiger partial charge in [0.15, 0.2) is 17.8 Å². The molecule has 2 aromatic rings. The van der Waals surface area contributed by atoms with Gasteiger partial charge in [-0.05, 0) is 25.0 Å². The van der Waals surface area contributed by atoms with Crippen LogP contribution in [-0.2, 0) is 0 Å². The number of rotatable bonds is 2. The molecule has 0 saturated heterocycles. The number of fused-ring (bicyclic) bond motifs is 1. The molecule has 1 aliphatic heterocycles. The van der Waals surface area contributed by atoms with Crippen molar-refractivity contribution in [1.82, 2.24) is 15.2 Å². The fraction of sp³-hybridized carbons (Fsp3) is 0.385. The van der Waals surface area contributed by atoms with Crippen LogP contribution in [0.3, 0.4) is 0 Å². The lowest BCUT2D eigenvalue weighted by atomic mass is 10.2. The zero-order chi connectivity index (χ0) is 11.9. The molecule has 2 heterocycles. The molecule has 2 aliphatic rings. The first-order chi connectivity index (χ1) is 8.90. The summed E-state index contributed by atoms with van der Waals surface area (Å²) in [7, 11) is 0. The monoisotopic (exact) mass is 242 g/mol. The number of aromatic amines is 1. The predicted molar refractivity (Wildman–Crippen MR) is 66.7 cm³/mol. The maximum atomic E-state index is 5.94. The van der Waals surface area contributed by atoms with E-state index in [0.717, 1.165) is 29.6 Å². The Hall–Kier alpha value is -2.04. The van der Waals surface area contributed by atoms with E-state index in [1.54, 1.807) is 0 Å². The molecule has 2 N–H and O–H groups in total. The highest BCUT2D eigenvalue weighted by Gasteiger charge is 2.30. The van der Waals surface area contributed by atoms with Crippen LogP contribution in [-0.4, -0.2) is 21.7 Å². The van der Waals surface area contributed by atoms with Gasteiger partial charge in [0.1, 0.15) is 5.75 Å². The van der Waals surface area contributed by atoms with E-state index in [0.29, 0.717) is 5.92 Å². The summed E-state index contributed by atoms with van der Waals surface area (Å²) < 4.78 is 5.94. The van der Waals surface area contributed by atoms with Crippen molar-refractivity contribution in [3.05, 3.63) is 35.9 Å². The minimum atomic E-state index is -0.0834. The number of H-pyrrole nitrogens is 1. The van der Waals surface area contributed by atoms with E-state index in [-0.39, 0.29) is 6.10 Å². The van der Waals surface area contributed by atoms with Gasteiger partial charge in [-0.3, -0.25) is 5.10 Å². The van der Waals surface area contributed by atoms with Crippen LogP contribution < -0.4 is 10.1 Å². The maximum absolute atomic E-state index is 5.94. The van der Waals surface area contributed by atoms with Gasteiger partial charge in [0.2, 0.25) is 0 Å². The highest BCUT2D eigenvalue weighted by molar-refractivity contribution is 5.57. The van der Waals surface area contributed by atoms with Gasteiger partial charge >= 0.3 is 0 Å². The lowest BCUT2D eigenvalue weighted by Gasteiger charge is -2.25. The van der Waals surface area contributed by atoms with E-state index in [1.807, 2.05) is 24.3 Å². The lowest BCUT2D eigenvalue weighted by molar-refractivity contribution is 0.201. The topological polar surface area (TPSA) is 62.8 Å². The standard InChI is InChI=1S/C13H14N4O/c1-2-4-10-9(3-1)14-7-11(18-10)13-15-12(16-17-13)8-5-6-8/h1-4,8,11,14H,5-7H2,(H,15,16,17). The molecule has 1 aliphatic carbocycles. The number of hydrogen-bond acceptors (Lipinski definition) is 4. The van der Waals surface area contributed by atoms with E-state index in [9.17, 15) is 0 Å². The fourth-order valence-electron chi connectivity index (χ4n) is 2.22. The minimum absolute atomic E-state index is 0.0834. The summed E-state index contributed by atoms with van der Waals surface area (Å²) in [5, 5.41) is 10.6. The van der Waals surface area contributed by atoms with E-state index < -0.39 is 0 Å². The zero-order valence-corrected chi connectivity index (χ0v) is 9.89. The minimum Gasteiger partial charge on any atom is -0.478 e. The average Bonchev–Trinajstić information content (AvgIpc) is 3.16. The summed E-state index contributed by atoms with van der Waals surface area (Å²) in [5.74, 6) is 3.20. The second-order valence-corrected chi connectivity index (χ2v) is 4.84. The van der Waals surface area contributed by atoms with E-state index in [1.165, 1.54) is 12.8 Å². The number of ether oxygens (including phenoxy) is 1. The Morgan fingerprint density at radius 3 is 3.00 bits per heavy atom. The molecule has 0 bridgehead atoms. The number of benzene rings is 1. The van der Waals surface area contributed by atoms with Gasteiger partial charge in [0.05, 0.1) is 12.2 Å². The van der Waals surface area contributed by atoms with Crippen LogP contribution in [0.1, 0.15) is 36.5 Å². The van der Waals surface area contributed by atoms with Crippen LogP contribution in [0.4, 0.5) is 5.69 Å². The van der Waals surface area contributed by atoms with Crippen LogP contribution in [0, 0.1) is 0 Å². The third kappa shape index (κ3) is 1.63. The molecule has 0 radical (unpaired) electrons. The molecule has 1 saturated carbocycles. The predicted octanol–water partition coefficient (Wildman–Crippen LogP) is 2.23. The Kier molecular flexibility index (Phi) is 2.06. The number of nitrogens with one attached hydrogen (secondary N) is 2. The summed E-state index contributed by atoms with van der Waals surface area (Å²) >= 11 is 0. The Labute approximate surface area is 105 Å². The molecular formula is C13H14N4O. The Bertz CT molecular complexity index is 576. The van der Waals surface area contributed by atoms with Gasteiger partial charge in [-0.2, -0.15) is 5.10 Å². The number of para-hydroxylation sites is 2. The van der Waals surface area contributed by atoms with Crippen molar-refractivity contribution in [3.8, 4) is 5.75 Å². The van der Waals surface area contributed by atoms with Gasteiger partial charge in [0.25, 0.3) is 0 Å². The zero-order valence-electron chi connectivity index (χ0n) is 9.89. The van der Waals surface area contributed by atoms with Crippen LogP contribution in [0.5, 0.6) is 5.75 Å². The van der Waals surface area contributed by atoms with Crippen molar-refractivity contribution >= 4 is 5.69 Å². The molecule has 1 unspecified atom stereocenters. The van der Waals surface area contributed by atoms with Crippen LogP contribution >= 0.6 is 0 Å². The quantitative estimate of drug-likeness (QED) is 0.847. The molecule has 1 aromatic carbocycles. The smallest absolute Gasteiger partial charge is 0.175 e. The van der Waals surface area contributed by atoms with Crippen LogP contribution in [0.25, 0.3) is 0 Å². The first-order valence-electron chi connectivity index (χ1n) is 6.32. The number of nitrogens with zero attached hydrogens (tertiary/aromatic N) is 2. The van der Waals surface area contributed by atoms with E-state index >= 15 is 0 Å². The molecule has 4 rings (SSSR count). The lowest BCUT2D eigenvalue weighted by Crippen LogP contribution is -2.24. The van der Waals surface area contributed by atoms with Crippen molar-refractivity contribution in [2.24, 2.45) is 0 Å². The van der Waals surface area contributed by atoms with Gasteiger partial charge in [-0.1, -0.05) is 12.1 Å². The molecule has 0 amide bonds. The number of aromatic nitrogens is 3. The van der Waals surface area contributed by atoms with Crippen molar-refractivity contribution in [1.29, 1.82) is 0 Å². The number of hydrogen-bond donors (Lipinski definition) is 2. The van der Waals surface area contributed by atoms with Crippen LogP contribution in [0.15, 0.2) is 24.3 Å². The highest BCUT2D eigenvalue weighted by Crippen LogP contribution is 2.39. The second kappa shape index (κ2) is 3.73. The summed E-state index contributed by atoms with van der Waals surface area (Å²) in [6.07, 6.45) is 2.34. The van der Waals surface area contributed by atoms with Crippen molar-refractivity contribution in [2.75, 3.05) is 11.9 Å². The van der Waals surface area contributed by atoms with E-state index in [4.69, 9.17) is 4.74 Å². The normalized spacial score (nSPS) is 21.9. The third-order valence-corrected chi connectivity index (χ3v) is 3.40. The highest BCUT2D eigenvalue weighted by atomic mass is 16.5. The van der Waals surface area contributed by atoms with Crippen molar-refractivity contribution in [2.45, 2.75) is 24.9 Å². The van der Waals surface area contributed by atoms with Gasteiger partial charge in [0, 0.05) is 5.92 Å². The first-order valence-corrected chi connectivity index (χ1v) is 6.32. The molecule has 5 nitrogen and oxygen atoms in total. The second-order valence-electron chi connectivity index (χ2n) is 4.84. The molecule has 0 spiro atoms. The molecule has 92 valence electrons. The summed E-state index contributed by atoms with van der Waals surface area (Å²) in [5.41, 5.74) is 1.04. The SMILES string of the molecule is c1ccc2c(c1)NCC(c1nc(C3CC3)n[nH]1)O2. The Balaban J connectivity index is 1.59. The van der Waals surface area contributed by atoms with Gasteiger partial charge < -0.3 is 10.1 Å². The summed E-state index contributed by atoms with van der Waals surface area (Å²) in [6, 6.07) is 7.95. The Morgan fingerprint density at radius 2 is 2.11 bits per heavy atom. The van der Waals surface area contributed by atoms with E-state index in [2.05, 4.69) is 20.5 Å². The number of anilines is 1. The van der Waals surface area contributed by atoms with Crippen molar-refractivity contribution < 1.29 is 4.74 Å². The molecule has 1 aromatic heterocycles. The maximum Gasteiger partial charge on any atom is 0.175 e. The molecule has 18 heavy (non-hydrogen) atoms. The third-order valence-electron chi connectivity index (χ3n) is 3.40. The molecular weight excluding hydrogens is 228 g/mol. The molecule has 1 fully saturated rings. The largest absolute Gasteiger partial charge is 0.478 e. The van der Waals surface area contributed by atoms with Gasteiger partial charge in [-0.15, -0.1) is 0 Å². The summed E-state index contributed by atoms with van der Waals surface area (Å²) in [6.45, 7) is 0.719. The summed E-state index contributed by atoms with van der Waals surface area (Å²) in [4.78, 5) is 4.54. The van der Waals surface area contributed by atoms with Crippen LogP contribution in [0.2, 0.25) is 0 Å². The Morgan fingerprint density at radius 1 is 1.22 bits per heavy atom. The first kappa shape index (κ1) is 9.94. The van der Waals surface area contributed by atoms with Crippen molar-refractivity contribution in [3.63, 3.8) is 0 Å².